The van der Waals surface area contributed by atoms with Crippen LogP contribution >= 0.6 is 34.5 Å². The Hall–Kier alpha value is -3.03. The zero-order valence-corrected chi connectivity index (χ0v) is 22.7. The van der Waals surface area contributed by atoms with E-state index in [-0.39, 0.29) is 22.9 Å². The van der Waals surface area contributed by atoms with Gasteiger partial charge in [-0.15, -0.1) is 11.3 Å². The molecule has 4 heterocycles. The zero-order valence-electron chi connectivity index (χ0n) is 20.4. The first-order valence-corrected chi connectivity index (χ1v) is 13.6. The summed E-state index contributed by atoms with van der Waals surface area (Å²) in [6.07, 6.45) is -3.77. The first-order valence-electron chi connectivity index (χ1n) is 12.0. The molecule has 1 unspecified atom stereocenters. The number of oxime groups is 1. The first kappa shape index (κ1) is 28.5. The van der Waals surface area contributed by atoms with Crippen molar-refractivity contribution in [2.45, 2.75) is 44.0 Å². The van der Waals surface area contributed by atoms with Crippen LogP contribution in [-0.4, -0.2) is 39.2 Å². The van der Waals surface area contributed by atoms with Crippen molar-refractivity contribution in [1.29, 1.82) is 0 Å². The Labute approximate surface area is 237 Å². The van der Waals surface area contributed by atoms with Gasteiger partial charge in [-0.1, -0.05) is 28.4 Å². The number of aromatic nitrogens is 2. The minimum Gasteiger partial charge on any atom is -0.387 e. The van der Waals surface area contributed by atoms with Crippen LogP contribution in [0.15, 0.2) is 39.7 Å². The fourth-order valence-corrected chi connectivity index (χ4v) is 6.12. The normalized spacial score (nSPS) is 18.1. The molecule has 1 amide bonds. The van der Waals surface area contributed by atoms with E-state index < -0.39 is 52.5 Å². The maximum absolute atomic E-state index is 14.3. The molecule has 5 rings (SSSR count). The zero-order chi connectivity index (χ0) is 28.8. The molecule has 1 atom stereocenters. The van der Waals surface area contributed by atoms with Gasteiger partial charge in [-0.2, -0.15) is 13.2 Å². The van der Waals surface area contributed by atoms with Crippen LogP contribution in [-0.2, 0) is 22.4 Å². The number of alkyl halides is 3. The molecule has 1 saturated heterocycles. The maximum atomic E-state index is 14.3. The second-order valence-electron chi connectivity index (χ2n) is 9.33. The summed E-state index contributed by atoms with van der Waals surface area (Å²) < 4.78 is 68.0. The van der Waals surface area contributed by atoms with Gasteiger partial charge in [0.15, 0.2) is 17.7 Å². The van der Waals surface area contributed by atoms with Gasteiger partial charge in [-0.3, -0.25) is 9.59 Å². The summed E-state index contributed by atoms with van der Waals surface area (Å²) in [7, 11) is 0. The van der Waals surface area contributed by atoms with Crippen molar-refractivity contribution < 1.29 is 31.6 Å². The second kappa shape index (κ2) is 11.1. The average Bonchev–Trinajstić information content (AvgIpc) is 3.59. The lowest BCUT2D eigenvalue weighted by Gasteiger charge is -2.31. The molecule has 40 heavy (non-hydrogen) atoms. The topological polar surface area (TPSA) is 76.8 Å². The van der Waals surface area contributed by atoms with Crippen LogP contribution < -0.4 is 5.56 Å². The van der Waals surface area contributed by atoms with Gasteiger partial charge in [0.25, 0.3) is 5.56 Å². The minimum absolute atomic E-state index is 0.0161. The summed E-state index contributed by atoms with van der Waals surface area (Å²) in [5.74, 6) is -2.61. The van der Waals surface area contributed by atoms with E-state index in [2.05, 4.69) is 10.1 Å². The Bertz CT molecular complexity index is 1550. The van der Waals surface area contributed by atoms with Gasteiger partial charge in [-0.25, -0.2) is 13.8 Å². The van der Waals surface area contributed by atoms with Gasteiger partial charge in [0.1, 0.15) is 17.3 Å². The Kier molecular flexibility index (Phi) is 7.90. The van der Waals surface area contributed by atoms with Crippen LogP contribution in [0, 0.1) is 11.6 Å². The molecule has 0 radical (unpaired) electrons. The van der Waals surface area contributed by atoms with E-state index in [1.165, 1.54) is 22.3 Å². The van der Waals surface area contributed by atoms with Gasteiger partial charge in [0.2, 0.25) is 5.91 Å². The summed E-state index contributed by atoms with van der Waals surface area (Å²) in [5, 5.41) is 5.99. The Morgan fingerprint density at radius 3 is 2.58 bits per heavy atom. The van der Waals surface area contributed by atoms with Crippen molar-refractivity contribution in [3.8, 4) is 0 Å². The molecule has 212 valence electrons. The highest BCUT2D eigenvalue weighted by Gasteiger charge is 2.34. The number of thiazole rings is 1. The van der Waals surface area contributed by atoms with Gasteiger partial charge in [-0.05, 0) is 31.0 Å². The van der Waals surface area contributed by atoms with Gasteiger partial charge in [0, 0.05) is 37.0 Å². The predicted octanol–water partition coefficient (Wildman–Crippen LogP) is 6.18. The molecule has 0 spiro atoms. The number of hydrogen-bond donors (Lipinski definition) is 0. The number of amides is 1. The highest BCUT2D eigenvalue weighted by Crippen LogP contribution is 2.37. The summed E-state index contributed by atoms with van der Waals surface area (Å²) in [6, 6.07) is 2.73. The van der Waals surface area contributed by atoms with Crippen LogP contribution in [0.1, 0.15) is 53.1 Å². The number of hydrogen-bond acceptors (Lipinski definition) is 6. The van der Waals surface area contributed by atoms with E-state index in [4.69, 9.17) is 28.0 Å². The summed E-state index contributed by atoms with van der Waals surface area (Å²) >= 11 is 13.1. The fourth-order valence-electron chi connectivity index (χ4n) is 4.62. The molecule has 0 aliphatic carbocycles. The van der Waals surface area contributed by atoms with Crippen molar-refractivity contribution in [2.75, 3.05) is 13.1 Å². The van der Waals surface area contributed by atoms with Crippen molar-refractivity contribution in [3.05, 3.63) is 83.6 Å². The molecule has 2 aliphatic rings. The molecule has 7 nitrogen and oxygen atoms in total. The van der Waals surface area contributed by atoms with Gasteiger partial charge in [0.05, 0.1) is 26.9 Å². The second-order valence-corrected chi connectivity index (χ2v) is 11.0. The Morgan fingerprint density at radius 1 is 1.15 bits per heavy atom. The molecule has 3 aromatic rings. The average molecular weight is 621 g/mol. The number of pyridine rings is 1. The largest absolute Gasteiger partial charge is 0.417 e. The number of likely N-dealkylation sites (tertiary alicyclic amines) is 1. The highest BCUT2D eigenvalue weighted by atomic mass is 35.5. The number of rotatable bonds is 5. The smallest absolute Gasteiger partial charge is 0.387 e. The fraction of sp³-hybridized carbons (Fsp3) is 0.360. The first-order chi connectivity index (χ1) is 18.9. The Balaban J connectivity index is 1.20. The highest BCUT2D eigenvalue weighted by molar-refractivity contribution is 7.10. The lowest BCUT2D eigenvalue weighted by atomic mass is 9.97. The molecular weight excluding hydrogens is 602 g/mol. The van der Waals surface area contributed by atoms with Crippen molar-refractivity contribution in [2.24, 2.45) is 5.16 Å². The summed E-state index contributed by atoms with van der Waals surface area (Å²) in [4.78, 5) is 36.4. The monoisotopic (exact) mass is 620 g/mol. The Morgan fingerprint density at radius 2 is 1.88 bits per heavy atom. The number of carbonyl (C=O) groups is 1. The summed E-state index contributed by atoms with van der Waals surface area (Å²) in [5.41, 5.74) is -1.10. The van der Waals surface area contributed by atoms with Crippen molar-refractivity contribution >= 4 is 46.2 Å². The van der Waals surface area contributed by atoms with Crippen LogP contribution in [0.5, 0.6) is 0 Å². The molecular formula is C25H19Cl2F5N4O3S. The van der Waals surface area contributed by atoms with Gasteiger partial charge < -0.3 is 14.3 Å². The van der Waals surface area contributed by atoms with Crippen LogP contribution in [0.2, 0.25) is 10.0 Å². The molecule has 0 saturated carbocycles. The lowest BCUT2D eigenvalue weighted by Crippen LogP contribution is -2.41. The number of benzene rings is 1. The third kappa shape index (κ3) is 5.72. The van der Waals surface area contributed by atoms with Gasteiger partial charge >= 0.3 is 6.18 Å². The number of carbonyl (C=O) groups excluding carboxylic acids is 1. The van der Waals surface area contributed by atoms with Crippen molar-refractivity contribution in [3.63, 3.8) is 0 Å². The SMILES string of the molecule is O=C(Cn1cc(C(F)(F)F)cc(Cl)c1=O)N1CCC(c2nc(C3=NOC(c4c(Cl)ccc(F)c4F)C3)cs2)CC1. The molecule has 0 N–H and O–H groups in total. The van der Waals surface area contributed by atoms with E-state index in [9.17, 15) is 31.5 Å². The van der Waals surface area contributed by atoms with E-state index in [1.54, 1.807) is 5.38 Å². The molecule has 2 aliphatic heterocycles. The molecule has 2 aromatic heterocycles. The third-order valence-electron chi connectivity index (χ3n) is 6.76. The lowest BCUT2D eigenvalue weighted by molar-refractivity contribution is -0.139. The molecule has 15 heteroatoms. The number of halogens is 7. The molecule has 1 fully saturated rings. The van der Waals surface area contributed by atoms with Crippen LogP contribution in [0.4, 0.5) is 22.0 Å². The standard InChI is InChI=1S/C25H19Cl2F5N4O3S/c26-14-1-2-16(28)22(29)21(14)19-8-17(34-39-19)18-11-40-23(33-18)12-3-5-35(6-4-12)20(37)10-36-9-13(25(30,31)32)7-15(27)24(36)38/h1-2,7,9,11-12,19H,3-6,8,10H2. The number of nitrogens with zero attached hydrogens (tertiary/aromatic N) is 4. The van der Waals surface area contributed by atoms with Crippen LogP contribution in [0.25, 0.3) is 0 Å². The summed E-state index contributed by atoms with van der Waals surface area (Å²) in [6.45, 7) is 0.0815. The minimum atomic E-state index is -4.72. The maximum Gasteiger partial charge on any atom is 0.417 e. The van der Waals surface area contributed by atoms with Crippen LogP contribution in [0.3, 0.4) is 0 Å². The quantitative estimate of drug-likeness (QED) is 0.252. The van der Waals surface area contributed by atoms with E-state index >= 15 is 0 Å². The van der Waals surface area contributed by atoms with E-state index in [0.29, 0.717) is 54.2 Å². The number of piperidine rings is 1. The molecule has 1 aromatic carbocycles. The predicted molar refractivity (Wildman–Crippen MR) is 138 cm³/mol. The van der Waals surface area contributed by atoms with E-state index in [0.717, 1.165) is 11.1 Å². The third-order valence-corrected chi connectivity index (χ3v) is 8.37. The molecule has 0 bridgehead atoms. The van der Waals surface area contributed by atoms with E-state index in [1.807, 2.05) is 0 Å². The van der Waals surface area contributed by atoms with Crippen molar-refractivity contribution in [1.82, 2.24) is 14.5 Å².